The Morgan fingerprint density at radius 2 is 2.24 bits per heavy atom. The van der Waals surface area contributed by atoms with Crippen molar-refractivity contribution in [1.82, 2.24) is 5.32 Å². The van der Waals surface area contributed by atoms with Gasteiger partial charge < -0.3 is 15.8 Å². The van der Waals surface area contributed by atoms with Crippen molar-refractivity contribution in [3.63, 3.8) is 0 Å². The molecule has 21 heavy (non-hydrogen) atoms. The van der Waals surface area contributed by atoms with E-state index in [-0.39, 0.29) is 17.1 Å². The summed E-state index contributed by atoms with van der Waals surface area (Å²) in [6.45, 7) is -0.0525. The third kappa shape index (κ3) is 5.81. The molecule has 0 radical (unpaired) electrons. The lowest BCUT2D eigenvalue weighted by Gasteiger charge is -2.16. The molecule has 116 valence electrons. The van der Waals surface area contributed by atoms with Crippen LogP contribution in [-0.2, 0) is 16.1 Å². The van der Waals surface area contributed by atoms with Crippen LogP contribution in [0.15, 0.2) is 18.2 Å². The zero-order chi connectivity index (χ0) is 15.8. The van der Waals surface area contributed by atoms with E-state index in [9.17, 15) is 14.0 Å². The average molecular weight is 335 g/mol. The van der Waals surface area contributed by atoms with E-state index in [4.69, 9.17) is 22.1 Å². The first-order chi connectivity index (χ1) is 9.95. The van der Waals surface area contributed by atoms with Crippen LogP contribution in [0.3, 0.4) is 0 Å². The number of carbonyl (C=O) groups excluding carboxylic acids is 2. The monoisotopic (exact) mass is 334 g/mol. The Bertz CT molecular complexity index is 516. The number of amides is 2. The molecular weight excluding hydrogens is 319 g/mol. The molecule has 0 aliphatic rings. The first-order valence-electron chi connectivity index (χ1n) is 6.11. The number of halogens is 2. The summed E-state index contributed by atoms with van der Waals surface area (Å²) in [5, 5.41) is 2.48. The maximum atomic E-state index is 13.7. The normalized spacial score (nSPS) is 11.8. The van der Waals surface area contributed by atoms with Gasteiger partial charge in [0.1, 0.15) is 5.82 Å². The lowest BCUT2D eigenvalue weighted by atomic mass is 10.2. The molecule has 0 heterocycles. The highest BCUT2D eigenvalue weighted by molar-refractivity contribution is 7.98. The largest absolute Gasteiger partial charge is 0.436 e. The van der Waals surface area contributed by atoms with Gasteiger partial charge in [-0.3, -0.25) is 4.79 Å². The summed E-state index contributed by atoms with van der Waals surface area (Å²) in [7, 11) is 0. The lowest BCUT2D eigenvalue weighted by Crippen LogP contribution is -2.39. The van der Waals surface area contributed by atoms with Gasteiger partial charge in [0.05, 0.1) is 5.02 Å². The van der Waals surface area contributed by atoms with Gasteiger partial charge in [-0.25, -0.2) is 9.18 Å². The quantitative estimate of drug-likeness (QED) is 0.801. The molecule has 0 saturated heterocycles. The number of carbonyl (C=O) groups is 2. The number of thioether (sulfide) groups is 1. The number of primary amides is 1. The van der Waals surface area contributed by atoms with Crippen LogP contribution in [0, 0.1) is 5.82 Å². The van der Waals surface area contributed by atoms with Gasteiger partial charge in [0.15, 0.2) is 6.10 Å². The van der Waals surface area contributed by atoms with E-state index in [0.29, 0.717) is 12.2 Å². The minimum atomic E-state index is -1.02. The van der Waals surface area contributed by atoms with Gasteiger partial charge in [-0.05, 0) is 18.1 Å². The lowest BCUT2D eigenvalue weighted by molar-refractivity contribution is -0.129. The number of rotatable bonds is 7. The molecule has 0 aromatic heterocycles. The van der Waals surface area contributed by atoms with Crippen LogP contribution < -0.4 is 11.1 Å². The maximum absolute atomic E-state index is 13.7. The van der Waals surface area contributed by atoms with E-state index >= 15 is 0 Å². The Labute approximate surface area is 131 Å². The summed E-state index contributed by atoms with van der Waals surface area (Å²) < 4.78 is 18.4. The molecule has 0 spiro atoms. The Kier molecular flexibility index (Phi) is 7.31. The zero-order valence-electron chi connectivity index (χ0n) is 11.4. The van der Waals surface area contributed by atoms with Crippen LogP contribution in [0.2, 0.25) is 5.02 Å². The Morgan fingerprint density at radius 1 is 1.52 bits per heavy atom. The average Bonchev–Trinajstić information content (AvgIpc) is 2.44. The summed E-state index contributed by atoms with van der Waals surface area (Å²) in [6.07, 6.45) is 0.177. The number of hydrogen-bond acceptors (Lipinski definition) is 4. The van der Waals surface area contributed by atoms with Gasteiger partial charge in [-0.1, -0.05) is 23.7 Å². The van der Waals surface area contributed by atoms with Gasteiger partial charge in [-0.15, -0.1) is 0 Å². The van der Waals surface area contributed by atoms with Crippen molar-refractivity contribution in [2.45, 2.75) is 19.1 Å². The number of nitrogens with one attached hydrogen (secondary N) is 1. The Balaban J connectivity index is 2.64. The van der Waals surface area contributed by atoms with Crippen LogP contribution in [-0.4, -0.2) is 30.1 Å². The molecular formula is C13H16ClFN2O3S. The van der Waals surface area contributed by atoms with Crippen molar-refractivity contribution in [1.29, 1.82) is 0 Å². The summed E-state index contributed by atoms with van der Waals surface area (Å²) in [5.41, 5.74) is 5.18. The third-order valence-corrected chi connectivity index (χ3v) is 3.56. The van der Waals surface area contributed by atoms with Gasteiger partial charge in [0.2, 0.25) is 0 Å². The summed E-state index contributed by atoms with van der Waals surface area (Å²) in [6, 6.07) is 4.51. The number of hydrogen-bond donors (Lipinski definition) is 2. The first kappa shape index (κ1) is 17.6. The van der Waals surface area contributed by atoms with E-state index in [1.54, 1.807) is 6.07 Å². The molecule has 3 N–H and O–H groups in total. The second-order valence-electron chi connectivity index (χ2n) is 4.14. The summed E-state index contributed by atoms with van der Waals surface area (Å²) >= 11 is 7.16. The third-order valence-electron chi connectivity index (χ3n) is 2.62. The molecule has 5 nitrogen and oxygen atoms in total. The molecule has 1 aromatic carbocycles. The molecule has 1 atom stereocenters. The van der Waals surface area contributed by atoms with E-state index in [2.05, 4.69) is 5.32 Å². The van der Waals surface area contributed by atoms with Crippen LogP contribution in [0.25, 0.3) is 0 Å². The van der Waals surface area contributed by atoms with E-state index in [1.807, 2.05) is 6.26 Å². The molecule has 0 aliphatic carbocycles. The fourth-order valence-electron chi connectivity index (χ4n) is 1.59. The minimum absolute atomic E-state index is 0.0194. The number of ether oxygens (including phenoxy) is 1. The molecule has 0 unspecified atom stereocenters. The Hall–Kier alpha value is -1.47. The van der Waals surface area contributed by atoms with Crippen LogP contribution in [0.1, 0.15) is 12.0 Å². The smallest absolute Gasteiger partial charge is 0.405 e. The van der Waals surface area contributed by atoms with Gasteiger partial charge in [0.25, 0.3) is 5.91 Å². The minimum Gasteiger partial charge on any atom is -0.436 e. The van der Waals surface area contributed by atoms with Crippen molar-refractivity contribution in [2.75, 3.05) is 12.0 Å². The van der Waals surface area contributed by atoms with E-state index in [1.165, 1.54) is 23.9 Å². The molecule has 0 aliphatic heterocycles. The van der Waals surface area contributed by atoms with Crippen molar-refractivity contribution in [3.8, 4) is 0 Å². The molecule has 1 aromatic rings. The van der Waals surface area contributed by atoms with Crippen molar-refractivity contribution in [2.24, 2.45) is 5.73 Å². The van der Waals surface area contributed by atoms with E-state index < -0.39 is 23.9 Å². The molecule has 0 saturated carbocycles. The molecule has 1 rings (SSSR count). The molecule has 8 heteroatoms. The Morgan fingerprint density at radius 3 is 2.86 bits per heavy atom. The highest BCUT2D eigenvalue weighted by Gasteiger charge is 2.21. The zero-order valence-corrected chi connectivity index (χ0v) is 13.0. The van der Waals surface area contributed by atoms with Crippen LogP contribution in [0.5, 0.6) is 0 Å². The predicted octanol–water partition coefficient (Wildman–Crippen LogP) is 2.31. The fraction of sp³-hybridized carbons (Fsp3) is 0.385. The van der Waals surface area contributed by atoms with Crippen molar-refractivity contribution < 1.29 is 18.7 Å². The standard InChI is InChI=1S/C13H16ClFN2O3S/c1-21-6-5-10(20-13(16)19)12(18)17-7-8-3-2-4-9(14)11(8)15/h2-4,10H,5-7H2,1H3,(H2,16,19)(H,17,18)/t10-/m0/s1. The second kappa shape index (κ2) is 8.74. The van der Waals surface area contributed by atoms with E-state index in [0.717, 1.165) is 0 Å². The maximum Gasteiger partial charge on any atom is 0.405 e. The fourth-order valence-corrected chi connectivity index (χ4v) is 2.23. The van der Waals surface area contributed by atoms with Crippen molar-refractivity contribution in [3.05, 3.63) is 34.6 Å². The SMILES string of the molecule is CSCC[C@H](OC(N)=O)C(=O)NCc1cccc(Cl)c1F. The molecule has 2 amide bonds. The number of nitrogens with two attached hydrogens (primary N) is 1. The topological polar surface area (TPSA) is 81.4 Å². The number of benzene rings is 1. The van der Waals surface area contributed by atoms with Gasteiger partial charge in [0, 0.05) is 18.5 Å². The summed E-state index contributed by atoms with van der Waals surface area (Å²) in [5.74, 6) is -0.491. The highest BCUT2D eigenvalue weighted by Crippen LogP contribution is 2.17. The van der Waals surface area contributed by atoms with Crippen LogP contribution in [0.4, 0.5) is 9.18 Å². The second-order valence-corrected chi connectivity index (χ2v) is 5.53. The predicted molar refractivity (Wildman–Crippen MR) is 80.7 cm³/mol. The molecule has 0 fully saturated rings. The highest BCUT2D eigenvalue weighted by atomic mass is 35.5. The van der Waals surface area contributed by atoms with Crippen LogP contribution >= 0.6 is 23.4 Å². The van der Waals surface area contributed by atoms with Crippen molar-refractivity contribution >= 4 is 35.4 Å². The first-order valence-corrected chi connectivity index (χ1v) is 7.88. The molecule has 0 bridgehead atoms. The summed E-state index contributed by atoms with van der Waals surface area (Å²) in [4.78, 5) is 22.7. The van der Waals surface area contributed by atoms with Gasteiger partial charge in [-0.2, -0.15) is 11.8 Å². The van der Waals surface area contributed by atoms with Gasteiger partial charge >= 0.3 is 6.09 Å².